The van der Waals surface area contributed by atoms with Gasteiger partial charge in [-0.05, 0) is 31.0 Å². The van der Waals surface area contributed by atoms with Gasteiger partial charge in [0.25, 0.3) is 5.91 Å². The van der Waals surface area contributed by atoms with Crippen LogP contribution in [0.25, 0.3) is 0 Å². The standard InChI is InChI=1S/C20H24N2O/c1-16-8-10-18(11-9-16)20(23)21(2)19-12-13-22(15-19)14-17-6-4-3-5-7-17/h3-11,19H,12-15H2,1-2H3. The maximum absolute atomic E-state index is 12.6. The molecule has 0 aliphatic carbocycles. The molecule has 0 saturated carbocycles. The van der Waals surface area contributed by atoms with Crippen molar-refractivity contribution in [2.75, 3.05) is 20.1 Å². The van der Waals surface area contributed by atoms with Crippen LogP contribution in [0.1, 0.15) is 27.9 Å². The van der Waals surface area contributed by atoms with E-state index < -0.39 is 0 Å². The Labute approximate surface area is 138 Å². The number of amides is 1. The maximum Gasteiger partial charge on any atom is 0.253 e. The van der Waals surface area contributed by atoms with Crippen molar-refractivity contribution in [2.45, 2.75) is 25.9 Å². The molecule has 2 aromatic rings. The topological polar surface area (TPSA) is 23.6 Å². The first-order valence-corrected chi connectivity index (χ1v) is 8.23. The third-order valence-electron chi connectivity index (χ3n) is 4.66. The molecule has 1 unspecified atom stereocenters. The minimum absolute atomic E-state index is 0.122. The van der Waals surface area contributed by atoms with Gasteiger partial charge >= 0.3 is 0 Å². The van der Waals surface area contributed by atoms with Gasteiger partial charge in [0.1, 0.15) is 0 Å². The lowest BCUT2D eigenvalue weighted by molar-refractivity contribution is 0.0735. The second kappa shape index (κ2) is 6.97. The summed E-state index contributed by atoms with van der Waals surface area (Å²) in [4.78, 5) is 17.0. The number of benzene rings is 2. The first-order chi connectivity index (χ1) is 11.1. The quantitative estimate of drug-likeness (QED) is 0.865. The molecule has 1 aliphatic heterocycles. The van der Waals surface area contributed by atoms with E-state index in [0.29, 0.717) is 6.04 Å². The Morgan fingerprint density at radius 1 is 1.13 bits per heavy atom. The van der Waals surface area contributed by atoms with Crippen LogP contribution in [0, 0.1) is 6.92 Å². The summed E-state index contributed by atoms with van der Waals surface area (Å²) < 4.78 is 0. The Kier molecular flexibility index (Phi) is 4.77. The number of carbonyl (C=O) groups is 1. The lowest BCUT2D eigenvalue weighted by atomic mass is 10.1. The molecule has 1 aliphatic rings. The molecule has 120 valence electrons. The summed E-state index contributed by atoms with van der Waals surface area (Å²) in [5, 5.41) is 0. The van der Waals surface area contributed by atoms with Crippen LogP contribution in [-0.4, -0.2) is 41.9 Å². The number of hydrogen-bond donors (Lipinski definition) is 0. The monoisotopic (exact) mass is 308 g/mol. The van der Waals surface area contributed by atoms with Gasteiger partial charge in [-0.3, -0.25) is 9.69 Å². The van der Waals surface area contributed by atoms with Crippen LogP contribution in [0.3, 0.4) is 0 Å². The highest BCUT2D eigenvalue weighted by Crippen LogP contribution is 2.19. The molecular formula is C20H24N2O. The summed E-state index contributed by atoms with van der Waals surface area (Å²) in [5.41, 5.74) is 3.29. The number of likely N-dealkylation sites (N-methyl/N-ethyl adjacent to an activating group) is 1. The molecule has 23 heavy (non-hydrogen) atoms. The third-order valence-corrected chi connectivity index (χ3v) is 4.66. The number of carbonyl (C=O) groups excluding carboxylic acids is 1. The third kappa shape index (κ3) is 3.80. The van der Waals surface area contributed by atoms with E-state index >= 15 is 0 Å². The van der Waals surface area contributed by atoms with Crippen LogP contribution in [-0.2, 0) is 6.54 Å². The van der Waals surface area contributed by atoms with Gasteiger partial charge in [-0.2, -0.15) is 0 Å². The lowest BCUT2D eigenvalue weighted by Crippen LogP contribution is -2.38. The molecule has 1 saturated heterocycles. The average molecular weight is 308 g/mol. The van der Waals surface area contributed by atoms with Crippen molar-refractivity contribution in [1.82, 2.24) is 9.80 Å². The summed E-state index contributed by atoms with van der Waals surface area (Å²) in [7, 11) is 1.93. The molecule has 2 aromatic carbocycles. The number of hydrogen-bond acceptors (Lipinski definition) is 2. The molecule has 0 N–H and O–H groups in total. The SMILES string of the molecule is Cc1ccc(C(=O)N(C)C2CCN(Cc3ccccc3)C2)cc1. The maximum atomic E-state index is 12.6. The van der Waals surface area contributed by atoms with Crippen molar-refractivity contribution in [1.29, 1.82) is 0 Å². The molecule has 0 aromatic heterocycles. The van der Waals surface area contributed by atoms with Gasteiger partial charge in [0.05, 0.1) is 0 Å². The first-order valence-electron chi connectivity index (χ1n) is 8.23. The van der Waals surface area contributed by atoms with Crippen LogP contribution >= 0.6 is 0 Å². The molecule has 3 rings (SSSR count). The molecular weight excluding hydrogens is 284 g/mol. The highest BCUT2D eigenvalue weighted by molar-refractivity contribution is 5.94. The highest BCUT2D eigenvalue weighted by atomic mass is 16.2. The number of likely N-dealkylation sites (tertiary alicyclic amines) is 1. The summed E-state index contributed by atoms with van der Waals surface area (Å²) in [6.07, 6.45) is 1.04. The van der Waals surface area contributed by atoms with Gasteiger partial charge in [-0.1, -0.05) is 48.0 Å². The normalized spacial score (nSPS) is 18.1. The van der Waals surface area contributed by atoms with E-state index in [1.165, 1.54) is 11.1 Å². The molecule has 0 bridgehead atoms. The van der Waals surface area contributed by atoms with Gasteiger partial charge in [-0.15, -0.1) is 0 Å². The fourth-order valence-corrected chi connectivity index (χ4v) is 3.18. The minimum Gasteiger partial charge on any atom is -0.337 e. The van der Waals surface area contributed by atoms with E-state index in [1.807, 2.05) is 49.2 Å². The van der Waals surface area contributed by atoms with Gasteiger partial charge in [0.15, 0.2) is 0 Å². The fourth-order valence-electron chi connectivity index (χ4n) is 3.18. The van der Waals surface area contributed by atoms with Gasteiger partial charge < -0.3 is 4.90 Å². The zero-order valence-electron chi connectivity index (χ0n) is 13.9. The number of nitrogens with zero attached hydrogens (tertiary/aromatic N) is 2. The summed E-state index contributed by atoms with van der Waals surface area (Å²) in [6.45, 7) is 4.99. The number of rotatable bonds is 4. The predicted octanol–water partition coefficient (Wildman–Crippen LogP) is 3.34. The average Bonchev–Trinajstić information content (AvgIpc) is 3.03. The number of aryl methyl sites for hydroxylation is 1. The Morgan fingerprint density at radius 2 is 1.83 bits per heavy atom. The Hall–Kier alpha value is -2.13. The van der Waals surface area contributed by atoms with E-state index in [1.54, 1.807) is 0 Å². The summed E-state index contributed by atoms with van der Waals surface area (Å²) in [5.74, 6) is 0.122. The molecule has 1 amide bonds. The van der Waals surface area contributed by atoms with Crippen molar-refractivity contribution < 1.29 is 4.79 Å². The van der Waals surface area contributed by atoms with Crippen LogP contribution in [0.2, 0.25) is 0 Å². The fraction of sp³-hybridized carbons (Fsp3) is 0.350. The molecule has 1 fully saturated rings. The van der Waals surface area contributed by atoms with Crippen LogP contribution in [0.5, 0.6) is 0 Å². The summed E-state index contributed by atoms with van der Waals surface area (Å²) >= 11 is 0. The Morgan fingerprint density at radius 3 is 2.52 bits per heavy atom. The van der Waals surface area contributed by atoms with Gasteiger partial charge in [0.2, 0.25) is 0 Å². The largest absolute Gasteiger partial charge is 0.337 e. The molecule has 1 heterocycles. The molecule has 0 radical (unpaired) electrons. The van der Waals surface area contributed by atoms with Crippen LogP contribution < -0.4 is 0 Å². The van der Waals surface area contributed by atoms with E-state index in [0.717, 1.165) is 31.6 Å². The zero-order chi connectivity index (χ0) is 16.2. The van der Waals surface area contributed by atoms with E-state index in [4.69, 9.17) is 0 Å². The molecule has 1 atom stereocenters. The second-order valence-corrected chi connectivity index (χ2v) is 6.45. The first kappa shape index (κ1) is 15.8. The highest BCUT2D eigenvalue weighted by Gasteiger charge is 2.28. The smallest absolute Gasteiger partial charge is 0.253 e. The van der Waals surface area contributed by atoms with Crippen molar-refractivity contribution in [3.63, 3.8) is 0 Å². The summed E-state index contributed by atoms with van der Waals surface area (Å²) in [6, 6.07) is 18.7. The van der Waals surface area contributed by atoms with Gasteiger partial charge in [0, 0.05) is 38.3 Å². The van der Waals surface area contributed by atoms with Crippen LogP contribution in [0.4, 0.5) is 0 Å². The van der Waals surface area contributed by atoms with Crippen LogP contribution in [0.15, 0.2) is 54.6 Å². The van der Waals surface area contributed by atoms with Crippen molar-refractivity contribution in [3.8, 4) is 0 Å². The Balaban J connectivity index is 1.59. The molecule has 3 heteroatoms. The van der Waals surface area contributed by atoms with Crippen molar-refractivity contribution >= 4 is 5.91 Å². The van der Waals surface area contributed by atoms with E-state index in [-0.39, 0.29) is 5.91 Å². The zero-order valence-corrected chi connectivity index (χ0v) is 13.9. The second-order valence-electron chi connectivity index (χ2n) is 6.45. The molecule has 3 nitrogen and oxygen atoms in total. The molecule has 0 spiro atoms. The predicted molar refractivity (Wildman–Crippen MR) is 93.4 cm³/mol. The minimum atomic E-state index is 0.122. The van der Waals surface area contributed by atoms with Crippen molar-refractivity contribution in [3.05, 3.63) is 71.3 Å². The van der Waals surface area contributed by atoms with E-state index in [9.17, 15) is 4.79 Å². The lowest BCUT2D eigenvalue weighted by Gasteiger charge is -2.25. The van der Waals surface area contributed by atoms with Gasteiger partial charge in [-0.25, -0.2) is 0 Å². The Bertz CT molecular complexity index is 651. The van der Waals surface area contributed by atoms with E-state index in [2.05, 4.69) is 29.2 Å². The van der Waals surface area contributed by atoms with Crippen molar-refractivity contribution in [2.24, 2.45) is 0 Å².